The number of carbonyl (C=O) groups excluding carboxylic acids is 1. The van der Waals surface area contributed by atoms with Crippen LogP contribution in [0, 0.1) is 6.92 Å². The normalized spacial score (nSPS) is 10.3. The number of hydrogen-bond acceptors (Lipinski definition) is 3. The van der Waals surface area contributed by atoms with Crippen LogP contribution in [0.25, 0.3) is 0 Å². The number of benzene rings is 2. The molecule has 1 heterocycles. The van der Waals surface area contributed by atoms with Crippen LogP contribution in [-0.2, 0) is 6.42 Å². The third-order valence-electron chi connectivity index (χ3n) is 3.87. The summed E-state index contributed by atoms with van der Waals surface area (Å²) in [5.41, 5.74) is 3.92. The van der Waals surface area contributed by atoms with Gasteiger partial charge in [0.1, 0.15) is 5.82 Å². The van der Waals surface area contributed by atoms with Gasteiger partial charge >= 0.3 is 0 Å². The van der Waals surface area contributed by atoms with Crippen molar-refractivity contribution < 1.29 is 4.79 Å². The number of anilines is 2. The fraction of sp³-hybridized carbons (Fsp3) is 0.143. The SMILES string of the molecule is Cc1cccc(C(=O)Nc2ccc(NCCc3ccccc3)cn2)c1. The Labute approximate surface area is 147 Å². The van der Waals surface area contributed by atoms with Crippen LogP contribution in [0.5, 0.6) is 0 Å². The molecule has 2 N–H and O–H groups in total. The average Bonchev–Trinajstić information content (AvgIpc) is 2.64. The summed E-state index contributed by atoms with van der Waals surface area (Å²) in [6, 6.07) is 21.5. The lowest BCUT2D eigenvalue weighted by atomic mass is 10.1. The number of amides is 1. The van der Waals surface area contributed by atoms with Gasteiger partial charge in [0, 0.05) is 12.1 Å². The largest absolute Gasteiger partial charge is 0.383 e. The van der Waals surface area contributed by atoms with Gasteiger partial charge in [0.2, 0.25) is 0 Å². The standard InChI is InChI=1S/C21H21N3O/c1-16-6-5-9-18(14-16)21(25)24-20-11-10-19(15-23-20)22-13-12-17-7-3-2-4-8-17/h2-11,14-15,22H,12-13H2,1H3,(H,23,24,25). The molecule has 0 aliphatic heterocycles. The number of nitrogens with one attached hydrogen (secondary N) is 2. The van der Waals surface area contributed by atoms with Crippen molar-refractivity contribution in [2.24, 2.45) is 0 Å². The van der Waals surface area contributed by atoms with Crippen LogP contribution in [0.15, 0.2) is 72.9 Å². The van der Waals surface area contributed by atoms with E-state index in [4.69, 9.17) is 0 Å². The van der Waals surface area contributed by atoms with E-state index < -0.39 is 0 Å². The first-order valence-corrected chi connectivity index (χ1v) is 8.32. The van der Waals surface area contributed by atoms with E-state index in [1.54, 1.807) is 18.3 Å². The smallest absolute Gasteiger partial charge is 0.256 e. The Morgan fingerprint density at radius 1 is 1.00 bits per heavy atom. The van der Waals surface area contributed by atoms with E-state index in [-0.39, 0.29) is 5.91 Å². The Balaban J connectivity index is 1.52. The monoisotopic (exact) mass is 331 g/mol. The van der Waals surface area contributed by atoms with Gasteiger partial charge in [-0.05, 0) is 43.2 Å². The summed E-state index contributed by atoms with van der Waals surface area (Å²) in [7, 11) is 0. The molecule has 1 aromatic heterocycles. The molecule has 0 fully saturated rings. The minimum atomic E-state index is -0.152. The molecular weight excluding hydrogens is 310 g/mol. The predicted octanol–water partition coefficient (Wildman–Crippen LogP) is 4.30. The molecule has 0 atom stereocenters. The minimum absolute atomic E-state index is 0.152. The van der Waals surface area contributed by atoms with Crippen LogP contribution >= 0.6 is 0 Å². The van der Waals surface area contributed by atoms with Gasteiger partial charge in [0.15, 0.2) is 0 Å². The van der Waals surface area contributed by atoms with Crippen LogP contribution in [-0.4, -0.2) is 17.4 Å². The van der Waals surface area contributed by atoms with E-state index in [1.165, 1.54) is 5.56 Å². The molecule has 4 nitrogen and oxygen atoms in total. The van der Waals surface area contributed by atoms with E-state index in [0.29, 0.717) is 11.4 Å². The van der Waals surface area contributed by atoms with E-state index in [1.807, 2.05) is 49.4 Å². The van der Waals surface area contributed by atoms with Crippen molar-refractivity contribution in [1.29, 1.82) is 0 Å². The van der Waals surface area contributed by atoms with Crippen molar-refractivity contribution in [3.8, 4) is 0 Å². The van der Waals surface area contributed by atoms with E-state index >= 15 is 0 Å². The molecule has 126 valence electrons. The molecule has 0 spiro atoms. The van der Waals surface area contributed by atoms with Crippen molar-refractivity contribution in [3.63, 3.8) is 0 Å². The number of nitrogens with zero attached hydrogens (tertiary/aromatic N) is 1. The highest BCUT2D eigenvalue weighted by atomic mass is 16.1. The maximum Gasteiger partial charge on any atom is 0.256 e. The number of carbonyl (C=O) groups is 1. The number of aryl methyl sites for hydroxylation is 1. The van der Waals surface area contributed by atoms with Crippen LogP contribution in [0.2, 0.25) is 0 Å². The second kappa shape index (κ2) is 8.11. The topological polar surface area (TPSA) is 54.0 Å². The number of rotatable bonds is 6. The van der Waals surface area contributed by atoms with Gasteiger partial charge in [-0.2, -0.15) is 0 Å². The molecule has 0 bridgehead atoms. The Kier molecular flexibility index (Phi) is 5.42. The molecule has 25 heavy (non-hydrogen) atoms. The Hall–Kier alpha value is -3.14. The summed E-state index contributed by atoms with van der Waals surface area (Å²) < 4.78 is 0. The number of hydrogen-bond donors (Lipinski definition) is 2. The van der Waals surface area contributed by atoms with Crippen LogP contribution in [0.3, 0.4) is 0 Å². The van der Waals surface area contributed by atoms with Gasteiger partial charge in [0.05, 0.1) is 11.9 Å². The van der Waals surface area contributed by atoms with E-state index in [9.17, 15) is 4.79 Å². The maximum absolute atomic E-state index is 12.2. The van der Waals surface area contributed by atoms with Gasteiger partial charge in [0.25, 0.3) is 5.91 Å². The molecule has 1 amide bonds. The van der Waals surface area contributed by atoms with Crippen molar-refractivity contribution in [1.82, 2.24) is 4.98 Å². The van der Waals surface area contributed by atoms with Crippen LogP contribution in [0.4, 0.5) is 11.5 Å². The Morgan fingerprint density at radius 2 is 1.84 bits per heavy atom. The molecule has 3 aromatic rings. The van der Waals surface area contributed by atoms with Crippen LogP contribution in [0.1, 0.15) is 21.5 Å². The second-order valence-corrected chi connectivity index (χ2v) is 5.92. The minimum Gasteiger partial charge on any atom is -0.383 e. The highest BCUT2D eigenvalue weighted by Gasteiger charge is 2.06. The molecular formula is C21H21N3O. The lowest BCUT2D eigenvalue weighted by Crippen LogP contribution is -2.13. The molecule has 0 radical (unpaired) electrons. The summed E-state index contributed by atoms with van der Waals surface area (Å²) in [6.07, 6.45) is 2.68. The van der Waals surface area contributed by atoms with Crippen molar-refractivity contribution in [3.05, 3.63) is 89.6 Å². The van der Waals surface area contributed by atoms with Crippen molar-refractivity contribution in [2.75, 3.05) is 17.2 Å². The summed E-state index contributed by atoms with van der Waals surface area (Å²) in [6.45, 7) is 2.80. The number of pyridine rings is 1. The van der Waals surface area contributed by atoms with E-state index in [0.717, 1.165) is 24.2 Å². The summed E-state index contributed by atoms with van der Waals surface area (Å²) in [5, 5.41) is 6.15. The first kappa shape index (κ1) is 16.7. The number of aromatic nitrogens is 1. The molecule has 4 heteroatoms. The first-order chi connectivity index (χ1) is 12.2. The molecule has 2 aromatic carbocycles. The van der Waals surface area contributed by atoms with Crippen molar-refractivity contribution >= 4 is 17.4 Å². The molecule has 0 unspecified atom stereocenters. The third kappa shape index (κ3) is 4.91. The van der Waals surface area contributed by atoms with Crippen LogP contribution < -0.4 is 10.6 Å². The average molecular weight is 331 g/mol. The fourth-order valence-corrected chi connectivity index (χ4v) is 2.54. The maximum atomic E-state index is 12.2. The third-order valence-corrected chi connectivity index (χ3v) is 3.87. The zero-order chi connectivity index (χ0) is 17.5. The van der Waals surface area contributed by atoms with E-state index in [2.05, 4.69) is 27.8 Å². The lowest BCUT2D eigenvalue weighted by molar-refractivity contribution is 0.102. The molecule has 3 rings (SSSR count). The quantitative estimate of drug-likeness (QED) is 0.708. The zero-order valence-corrected chi connectivity index (χ0v) is 14.2. The van der Waals surface area contributed by atoms with Gasteiger partial charge in [-0.3, -0.25) is 4.79 Å². The van der Waals surface area contributed by atoms with Gasteiger partial charge in [-0.1, -0.05) is 48.0 Å². The first-order valence-electron chi connectivity index (χ1n) is 8.32. The molecule has 0 aliphatic carbocycles. The fourth-order valence-electron chi connectivity index (χ4n) is 2.54. The van der Waals surface area contributed by atoms with Gasteiger partial charge in [-0.25, -0.2) is 4.98 Å². The summed E-state index contributed by atoms with van der Waals surface area (Å²) in [4.78, 5) is 16.5. The van der Waals surface area contributed by atoms with Crippen molar-refractivity contribution in [2.45, 2.75) is 13.3 Å². The Morgan fingerprint density at radius 3 is 2.56 bits per heavy atom. The highest BCUT2D eigenvalue weighted by Crippen LogP contribution is 2.12. The van der Waals surface area contributed by atoms with Gasteiger partial charge in [-0.15, -0.1) is 0 Å². The molecule has 0 aliphatic rings. The summed E-state index contributed by atoms with van der Waals surface area (Å²) in [5.74, 6) is 0.390. The van der Waals surface area contributed by atoms with Gasteiger partial charge < -0.3 is 10.6 Å². The predicted molar refractivity (Wildman–Crippen MR) is 102 cm³/mol. The zero-order valence-electron chi connectivity index (χ0n) is 14.2. The molecule has 0 saturated heterocycles. The lowest BCUT2D eigenvalue weighted by Gasteiger charge is -2.08. The summed E-state index contributed by atoms with van der Waals surface area (Å²) >= 11 is 0. The highest BCUT2D eigenvalue weighted by molar-refractivity contribution is 6.03. The second-order valence-electron chi connectivity index (χ2n) is 5.92. The molecule has 0 saturated carbocycles. The Bertz CT molecular complexity index is 829.